The Kier molecular flexibility index (Phi) is 10.6. The molecule has 1 aromatic heterocycles. The monoisotopic (exact) mass is 752 g/mol. The molecule has 1 heterocycles. The van der Waals surface area contributed by atoms with Crippen molar-refractivity contribution in [3.8, 4) is 17.3 Å². The summed E-state index contributed by atoms with van der Waals surface area (Å²) >= 11 is 0. The molecule has 0 bridgehead atoms. The van der Waals surface area contributed by atoms with Crippen LogP contribution in [0.15, 0.2) is 84.8 Å². The zero-order valence-corrected chi connectivity index (χ0v) is 27.8. The van der Waals surface area contributed by atoms with Crippen LogP contribution in [0.5, 0.6) is 0 Å². The van der Waals surface area contributed by atoms with Gasteiger partial charge < -0.3 is 5.11 Å². The normalized spacial score (nSPS) is 11.9. The van der Waals surface area contributed by atoms with Gasteiger partial charge in [0, 0.05) is 54.3 Å². The largest absolute Gasteiger partial charge is 0.512 e. The number of carbonyl (C=O) groups excluding carboxylic acids is 1. The third-order valence-electron chi connectivity index (χ3n) is 8.30. The van der Waals surface area contributed by atoms with Crippen LogP contribution in [-0.2, 0) is 24.9 Å². The molecule has 5 rings (SSSR count). The Morgan fingerprint density at radius 1 is 0.907 bits per heavy atom. The van der Waals surface area contributed by atoms with Gasteiger partial charge in [0.2, 0.25) is 0 Å². The summed E-state index contributed by atoms with van der Waals surface area (Å²) < 4.78 is 14.2. The van der Waals surface area contributed by atoms with Crippen molar-refractivity contribution in [2.75, 3.05) is 0 Å². The third kappa shape index (κ3) is 7.02. The molecule has 5 aromatic rings. The summed E-state index contributed by atoms with van der Waals surface area (Å²) in [6.07, 6.45) is 4.71. The summed E-state index contributed by atoms with van der Waals surface area (Å²) in [5.41, 5.74) is 1.40. The number of halogens is 1. The number of aromatic nitrogens is 1. The topological polar surface area (TPSA) is 74.0 Å². The summed E-state index contributed by atoms with van der Waals surface area (Å²) in [7, 11) is 0. The van der Waals surface area contributed by atoms with Crippen molar-refractivity contribution in [1.82, 2.24) is 4.98 Å². The molecule has 0 atom stereocenters. The van der Waals surface area contributed by atoms with E-state index < -0.39 is 0 Å². The number of aliphatic hydroxyl groups excluding tert-OH is 1. The maximum atomic E-state index is 14.2. The fourth-order valence-corrected chi connectivity index (χ4v) is 4.52. The number of aliphatic hydroxyl groups is 1. The predicted octanol–water partition coefficient (Wildman–Crippen LogP) is 9.89. The molecule has 0 amide bonds. The van der Waals surface area contributed by atoms with E-state index in [0.717, 1.165) is 51.0 Å². The molecule has 4 nitrogen and oxygen atoms in total. The maximum Gasteiger partial charge on any atom is 0.164 e. The number of ketones is 1. The second-order valence-corrected chi connectivity index (χ2v) is 11.8. The number of fused-ring (bicyclic) bond motifs is 4. The van der Waals surface area contributed by atoms with Crippen LogP contribution in [0, 0.1) is 34.0 Å². The van der Waals surface area contributed by atoms with E-state index in [-0.39, 0.29) is 48.3 Å². The van der Waals surface area contributed by atoms with E-state index in [1.54, 1.807) is 18.3 Å². The van der Waals surface area contributed by atoms with E-state index >= 15 is 0 Å². The minimum atomic E-state index is -0.377. The molecular formula is C37H36FIrN2O2-. The number of nitriles is 1. The molecule has 0 saturated carbocycles. The standard InChI is InChI=1S/C24H12FN2.C13H24O2.Ir/c25-23-7-3-6-19-20-10-11-27-24(22(20)9-8-21(19)23)16-12-15-4-1-2-5-18(15)17(13-16)14-26;1-7-12(3,4)10(14)9-11(15)13(5,6)8-2;/h1-11,13H;9,14H,7-8H2,1-6H3;/q-1;;/b;10-9-;. The van der Waals surface area contributed by atoms with Gasteiger partial charge in [-0.25, -0.2) is 4.39 Å². The number of rotatable bonds is 6. The van der Waals surface area contributed by atoms with Crippen LogP contribution in [0.25, 0.3) is 43.6 Å². The summed E-state index contributed by atoms with van der Waals surface area (Å²) in [6.45, 7) is 11.7. The van der Waals surface area contributed by atoms with Crippen LogP contribution < -0.4 is 0 Å². The molecule has 0 aliphatic heterocycles. The molecule has 1 radical (unpaired) electrons. The number of hydrogen-bond donors (Lipinski definition) is 1. The summed E-state index contributed by atoms with van der Waals surface area (Å²) in [4.78, 5) is 16.4. The summed E-state index contributed by atoms with van der Waals surface area (Å²) in [5.74, 6) is -0.0441. The molecule has 1 N–H and O–H groups in total. The van der Waals surface area contributed by atoms with Crippen molar-refractivity contribution in [2.45, 2.75) is 54.4 Å². The molecule has 0 aliphatic carbocycles. The van der Waals surface area contributed by atoms with Crippen molar-refractivity contribution in [3.63, 3.8) is 0 Å². The Hall–Kier alpha value is -3.91. The summed E-state index contributed by atoms with van der Waals surface area (Å²) in [5, 5.41) is 24.4. The van der Waals surface area contributed by atoms with Gasteiger partial charge in [-0.1, -0.05) is 95.0 Å². The molecule has 0 unspecified atom stereocenters. The van der Waals surface area contributed by atoms with Gasteiger partial charge in [0.1, 0.15) is 11.6 Å². The van der Waals surface area contributed by atoms with E-state index in [1.807, 2.05) is 90.1 Å². The molecule has 223 valence electrons. The van der Waals surface area contributed by atoms with Crippen molar-refractivity contribution in [2.24, 2.45) is 10.8 Å². The number of allylic oxidation sites excluding steroid dienone is 2. The SMILES string of the molecule is CCC(C)(C)C(=O)/C=C(\O)C(C)(C)CC.N#Cc1cc(-c2nccc3c2ccc2c(F)cccc23)[c-]c2ccccc12.[Ir]. The van der Waals surface area contributed by atoms with Crippen molar-refractivity contribution >= 4 is 38.1 Å². The quantitative estimate of drug-likeness (QED) is 0.0812. The van der Waals surface area contributed by atoms with Crippen LogP contribution in [0.2, 0.25) is 0 Å². The van der Waals surface area contributed by atoms with E-state index in [1.165, 1.54) is 12.1 Å². The third-order valence-corrected chi connectivity index (χ3v) is 8.30. The minimum absolute atomic E-state index is 0. The molecule has 0 spiro atoms. The van der Waals surface area contributed by atoms with E-state index in [9.17, 15) is 19.6 Å². The Labute approximate surface area is 266 Å². The number of benzene rings is 4. The predicted molar refractivity (Wildman–Crippen MR) is 170 cm³/mol. The first-order valence-electron chi connectivity index (χ1n) is 14.2. The average Bonchev–Trinajstić information content (AvgIpc) is 3.00. The fourth-order valence-electron chi connectivity index (χ4n) is 4.52. The average molecular weight is 752 g/mol. The molecular weight excluding hydrogens is 716 g/mol. The molecule has 0 aliphatic rings. The molecule has 6 heteroatoms. The first-order valence-corrected chi connectivity index (χ1v) is 14.2. The van der Waals surface area contributed by atoms with Gasteiger partial charge in [0.25, 0.3) is 0 Å². The minimum Gasteiger partial charge on any atom is -0.512 e. The zero-order valence-electron chi connectivity index (χ0n) is 25.4. The molecule has 43 heavy (non-hydrogen) atoms. The molecule has 0 saturated heterocycles. The molecule has 0 fully saturated rings. The van der Waals surface area contributed by atoms with Gasteiger partial charge in [-0.2, -0.15) is 5.26 Å². The number of pyridine rings is 1. The number of hydrogen-bond acceptors (Lipinski definition) is 4. The Bertz CT molecular complexity index is 1870. The molecule has 4 aromatic carbocycles. The van der Waals surface area contributed by atoms with Crippen LogP contribution >= 0.6 is 0 Å². The van der Waals surface area contributed by atoms with Gasteiger partial charge >= 0.3 is 0 Å². The smallest absolute Gasteiger partial charge is 0.164 e. The maximum absolute atomic E-state index is 14.2. The first kappa shape index (κ1) is 33.6. The second-order valence-electron chi connectivity index (χ2n) is 11.8. The fraction of sp³-hybridized carbons (Fsp3) is 0.270. The Morgan fingerprint density at radius 3 is 2.21 bits per heavy atom. The van der Waals surface area contributed by atoms with E-state index in [0.29, 0.717) is 10.9 Å². The Balaban J connectivity index is 0.000000274. The van der Waals surface area contributed by atoms with Crippen molar-refractivity contribution < 1.29 is 34.4 Å². The number of nitrogens with zero attached hydrogens (tertiary/aromatic N) is 2. The van der Waals surface area contributed by atoms with Crippen LogP contribution in [-0.4, -0.2) is 15.9 Å². The van der Waals surface area contributed by atoms with Crippen LogP contribution in [0.3, 0.4) is 0 Å². The van der Waals surface area contributed by atoms with Crippen molar-refractivity contribution in [1.29, 1.82) is 5.26 Å². The summed E-state index contributed by atoms with van der Waals surface area (Å²) in [6, 6.07) is 25.8. The van der Waals surface area contributed by atoms with Gasteiger partial charge in [-0.15, -0.1) is 23.6 Å². The Morgan fingerprint density at radius 2 is 1.53 bits per heavy atom. The van der Waals surface area contributed by atoms with Gasteiger partial charge in [0.15, 0.2) is 5.78 Å². The van der Waals surface area contributed by atoms with Gasteiger partial charge in [0.05, 0.1) is 6.07 Å². The van der Waals surface area contributed by atoms with Crippen LogP contribution in [0.4, 0.5) is 4.39 Å². The van der Waals surface area contributed by atoms with Crippen molar-refractivity contribution in [3.05, 3.63) is 102 Å². The number of carbonyl (C=O) groups is 1. The zero-order chi connectivity index (χ0) is 30.7. The van der Waals surface area contributed by atoms with Crippen LogP contribution in [0.1, 0.15) is 59.9 Å². The van der Waals surface area contributed by atoms with E-state index in [4.69, 9.17) is 0 Å². The van der Waals surface area contributed by atoms with Gasteiger partial charge in [-0.05, 0) is 46.7 Å². The first-order chi connectivity index (χ1) is 19.9. The van der Waals surface area contributed by atoms with Gasteiger partial charge in [-0.3, -0.25) is 9.78 Å². The van der Waals surface area contributed by atoms with E-state index in [2.05, 4.69) is 17.1 Å². The second kappa shape index (κ2) is 13.6.